The Labute approximate surface area is 398 Å². The van der Waals surface area contributed by atoms with E-state index in [1.165, 1.54) is 101 Å². The maximum Gasteiger partial charge on any atom is 0.252 e. The van der Waals surface area contributed by atoms with Crippen LogP contribution in [0.4, 0.5) is 34.1 Å². The van der Waals surface area contributed by atoms with Crippen molar-refractivity contribution in [3.8, 4) is 33.8 Å². The molecular weight excluding hydrogens is 856 g/mol. The highest BCUT2D eigenvalue weighted by molar-refractivity contribution is 7.26. The van der Waals surface area contributed by atoms with Gasteiger partial charge in [-0.1, -0.05) is 124 Å². The molecule has 9 aromatic carbocycles. The summed E-state index contributed by atoms with van der Waals surface area (Å²) in [5, 5.41) is 5.27. The molecule has 0 spiro atoms. The molecule has 320 valence electrons. The van der Waals surface area contributed by atoms with Gasteiger partial charge in [0.05, 0.1) is 5.69 Å². The molecule has 14 rings (SSSR count). The highest BCUT2D eigenvalue weighted by Crippen LogP contribution is 2.51. The van der Waals surface area contributed by atoms with E-state index in [1.54, 1.807) is 0 Å². The molecule has 11 aromatic rings. The molecule has 67 heavy (non-hydrogen) atoms. The first-order valence-corrected chi connectivity index (χ1v) is 24.7. The van der Waals surface area contributed by atoms with Crippen molar-refractivity contribution in [3.05, 3.63) is 187 Å². The topological polar surface area (TPSA) is 24.9 Å². The monoisotopic (exact) mass is 898 g/mol. The van der Waals surface area contributed by atoms with Gasteiger partial charge in [0, 0.05) is 68.8 Å². The number of ether oxygens (including phenoxy) is 2. The van der Waals surface area contributed by atoms with E-state index in [1.807, 2.05) is 28.7 Å². The van der Waals surface area contributed by atoms with Gasteiger partial charge in [-0.05, 0) is 135 Å². The van der Waals surface area contributed by atoms with Crippen LogP contribution in [0.3, 0.4) is 0 Å². The number of thiophene rings is 2. The Morgan fingerprint density at radius 3 is 1.73 bits per heavy atom. The Hall–Kier alpha value is -7.32. The lowest BCUT2D eigenvalue weighted by molar-refractivity contribution is 0.174. The molecule has 0 saturated carbocycles. The van der Waals surface area contributed by atoms with Crippen LogP contribution in [0, 0.1) is 6.92 Å². The molecule has 0 radical (unpaired) electrons. The van der Waals surface area contributed by atoms with Crippen LogP contribution >= 0.6 is 22.7 Å². The number of aryl methyl sites for hydroxylation is 1. The van der Waals surface area contributed by atoms with Gasteiger partial charge in [0.15, 0.2) is 11.5 Å². The van der Waals surface area contributed by atoms with E-state index in [2.05, 4.69) is 207 Å². The summed E-state index contributed by atoms with van der Waals surface area (Å²) < 4.78 is 17.6. The zero-order chi connectivity index (χ0) is 44.7. The maximum absolute atomic E-state index is 6.29. The van der Waals surface area contributed by atoms with Crippen molar-refractivity contribution in [2.75, 3.05) is 16.6 Å². The number of nitrogens with zero attached hydrogens (tertiary/aromatic N) is 2. The molecule has 4 nitrogen and oxygen atoms in total. The van der Waals surface area contributed by atoms with Crippen LogP contribution in [-0.2, 0) is 5.41 Å². The Morgan fingerprint density at radius 2 is 1.03 bits per heavy atom. The molecular formula is C60H43BN2O2S2. The van der Waals surface area contributed by atoms with Crippen molar-refractivity contribution in [3.63, 3.8) is 0 Å². The number of hydrogen-bond acceptors (Lipinski definition) is 6. The molecule has 0 fully saturated rings. The molecule has 2 aromatic heterocycles. The number of hydrogen-bond donors (Lipinski definition) is 0. The van der Waals surface area contributed by atoms with Gasteiger partial charge in [-0.25, -0.2) is 0 Å². The molecule has 0 saturated heterocycles. The third kappa shape index (κ3) is 5.91. The lowest BCUT2D eigenvalue weighted by Crippen LogP contribution is -2.61. The van der Waals surface area contributed by atoms with Crippen LogP contribution in [0.25, 0.3) is 62.6 Å². The summed E-state index contributed by atoms with van der Waals surface area (Å²) in [6.45, 7) is 9.34. The SMILES string of the molecule is Cc1cc2c3c(c1)N(c1cccc4c1OCO4)c1ccc(C(C)(C)C)cc1B3c1cc(-c3ccc4c(c3)sc3ccccc34)ccc1N2c1ccc(-c2ccc3c(c2)sc2ccccc23)cc1. The Balaban J connectivity index is 0.993. The van der Waals surface area contributed by atoms with Crippen molar-refractivity contribution < 1.29 is 9.47 Å². The Bertz CT molecular complexity index is 3880. The first-order valence-electron chi connectivity index (χ1n) is 23.1. The molecule has 0 unspecified atom stereocenters. The average molecular weight is 899 g/mol. The van der Waals surface area contributed by atoms with E-state index in [0.29, 0.717) is 0 Å². The summed E-state index contributed by atoms with van der Waals surface area (Å²) in [5.41, 5.74) is 17.9. The molecule has 0 amide bonds. The van der Waals surface area contributed by atoms with Crippen LogP contribution in [0.5, 0.6) is 11.5 Å². The molecule has 0 N–H and O–H groups in total. The summed E-state index contributed by atoms with van der Waals surface area (Å²) in [6, 6.07) is 66.1. The van der Waals surface area contributed by atoms with Crippen LogP contribution in [0.2, 0.25) is 0 Å². The third-order valence-electron chi connectivity index (χ3n) is 14.2. The predicted molar refractivity (Wildman–Crippen MR) is 287 cm³/mol. The zero-order valence-electron chi connectivity index (χ0n) is 37.6. The summed E-state index contributed by atoms with van der Waals surface area (Å²) in [7, 11) is 0. The quantitative estimate of drug-likeness (QED) is 0.164. The molecule has 0 bridgehead atoms. The Kier molecular flexibility index (Phi) is 8.33. The number of para-hydroxylation sites is 1. The van der Waals surface area contributed by atoms with Gasteiger partial charge in [0.25, 0.3) is 6.71 Å². The van der Waals surface area contributed by atoms with Gasteiger partial charge in [-0.3, -0.25) is 0 Å². The first kappa shape index (κ1) is 38.9. The molecule has 3 aliphatic heterocycles. The summed E-state index contributed by atoms with van der Waals surface area (Å²) in [4.78, 5) is 4.95. The second-order valence-electron chi connectivity index (χ2n) is 19.3. The fourth-order valence-electron chi connectivity index (χ4n) is 11.0. The molecule has 5 heterocycles. The van der Waals surface area contributed by atoms with E-state index in [0.717, 1.165) is 34.2 Å². The van der Waals surface area contributed by atoms with Crippen LogP contribution in [-0.4, -0.2) is 13.5 Å². The van der Waals surface area contributed by atoms with E-state index >= 15 is 0 Å². The average Bonchev–Trinajstić information content (AvgIpc) is 4.09. The van der Waals surface area contributed by atoms with Crippen molar-refractivity contribution in [1.82, 2.24) is 0 Å². The van der Waals surface area contributed by atoms with Crippen molar-refractivity contribution >= 4 is 120 Å². The van der Waals surface area contributed by atoms with Crippen molar-refractivity contribution in [1.29, 1.82) is 0 Å². The van der Waals surface area contributed by atoms with Gasteiger partial charge >= 0.3 is 0 Å². The highest BCUT2D eigenvalue weighted by Gasteiger charge is 2.45. The summed E-state index contributed by atoms with van der Waals surface area (Å²) in [6.07, 6.45) is 0. The normalized spacial score (nSPS) is 13.8. The van der Waals surface area contributed by atoms with E-state index < -0.39 is 0 Å². The third-order valence-corrected chi connectivity index (χ3v) is 16.5. The number of rotatable bonds is 4. The number of benzene rings is 9. The first-order chi connectivity index (χ1) is 32.7. The van der Waals surface area contributed by atoms with Crippen molar-refractivity contribution in [2.24, 2.45) is 0 Å². The van der Waals surface area contributed by atoms with Crippen molar-refractivity contribution in [2.45, 2.75) is 33.1 Å². The van der Waals surface area contributed by atoms with Gasteiger partial charge in [0.1, 0.15) is 0 Å². The smallest absolute Gasteiger partial charge is 0.252 e. The minimum absolute atomic E-state index is 0.0420. The summed E-state index contributed by atoms with van der Waals surface area (Å²) in [5.74, 6) is 1.55. The van der Waals surface area contributed by atoms with Gasteiger partial charge in [0.2, 0.25) is 6.79 Å². The fraction of sp³-hybridized carbons (Fsp3) is 0.100. The minimum Gasteiger partial charge on any atom is -0.454 e. The second-order valence-corrected chi connectivity index (χ2v) is 21.5. The van der Waals surface area contributed by atoms with Gasteiger partial charge < -0.3 is 19.3 Å². The summed E-state index contributed by atoms with van der Waals surface area (Å²) >= 11 is 3.74. The van der Waals surface area contributed by atoms with Gasteiger partial charge in [-0.2, -0.15) is 0 Å². The lowest BCUT2D eigenvalue weighted by atomic mass is 9.33. The van der Waals surface area contributed by atoms with Crippen LogP contribution in [0.15, 0.2) is 176 Å². The Morgan fingerprint density at radius 1 is 0.463 bits per heavy atom. The molecule has 3 aliphatic rings. The van der Waals surface area contributed by atoms with Crippen LogP contribution in [0.1, 0.15) is 31.9 Å². The standard InChI is InChI=1S/C60H43BN2O2S2/c1-35-28-51-58-52(29-35)63(50-12-9-13-53-59(50)65-34-64-53)49-27-21-40(60(2,3)4)33-47(49)61(58)46-30-37(39-19-25-45-43-11-6-8-15-55(43)67-57(45)32-39)20-26-48(46)62(51)41-22-16-36(17-23-41)38-18-24-44-42-10-5-7-14-54(42)66-56(44)31-38/h5-33H,34H2,1-4H3. The minimum atomic E-state index is -0.0600. The van der Waals surface area contributed by atoms with E-state index in [9.17, 15) is 0 Å². The highest BCUT2D eigenvalue weighted by atomic mass is 32.1. The zero-order valence-corrected chi connectivity index (χ0v) is 39.2. The fourth-order valence-corrected chi connectivity index (χ4v) is 13.3. The lowest BCUT2D eigenvalue weighted by Gasteiger charge is -2.45. The maximum atomic E-state index is 6.29. The van der Waals surface area contributed by atoms with E-state index in [4.69, 9.17) is 9.47 Å². The predicted octanol–water partition coefficient (Wildman–Crippen LogP) is 15.2. The molecule has 0 atom stereocenters. The van der Waals surface area contributed by atoms with Gasteiger partial charge in [-0.15, -0.1) is 22.7 Å². The largest absolute Gasteiger partial charge is 0.454 e. The molecule has 0 aliphatic carbocycles. The second kappa shape index (κ2) is 14.3. The van der Waals surface area contributed by atoms with Crippen LogP contribution < -0.4 is 35.7 Å². The molecule has 7 heteroatoms. The number of anilines is 6. The van der Waals surface area contributed by atoms with E-state index in [-0.39, 0.29) is 18.9 Å². The number of fused-ring (bicyclic) bond motifs is 11.